The number of carbonyl (C=O) groups is 3. The minimum Gasteiger partial charge on any atom is -0.477 e. The Labute approximate surface area is 178 Å². The average Bonchev–Trinajstić information content (AvgIpc) is 3.24. The molecule has 2 aromatic heterocycles. The summed E-state index contributed by atoms with van der Waals surface area (Å²) in [6, 6.07) is -0.512. The van der Waals surface area contributed by atoms with Crippen LogP contribution in [-0.2, 0) is 22.3 Å². The van der Waals surface area contributed by atoms with E-state index in [1.165, 1.54) is 12.3 Å². The molecule has 3 N–H and O–H groups in total. The van der Waals surface area contributed by atoms with Gasteiger partial charge < -0.3 is 20.5 Å². The first-order chi connectivity index (χ1) is 14.2. The summed E-state index contributed by atoms with van der Waals surface area (Å²) in [5, 5.41) is 18.6. The van der Waals surface area contributed by atoms with E-state index in [0.29, 0.717) is 10.7 Å². The van der Waals surface area contributed by atoms with Crippen molar-refractivity contribution in [2.45, 2.75) is 52.1 Å². The second kappa shape index (κ2) is 8.91. The normalized spacial score (nSPS) is 12.9. The molecule has 0 aromatic carbocycles. The Morgan fingerprint density at radius 3 is 2.48 bits per heavy atom. The molecule has 2 amide bonds. The fourth-order valence-corrected chi connectivity index (χ4v) is 2.96. The summed E-state index contributed by atoms with van der Waals surface area (Å²) < 4.78 is 44.2. The van der Waals surface area contributed by atoms with Gasteiger partial charge in [-0.1, -0.05) is 0 Å². The van der Waals surface area contributed by atoms with Crippen LogP contribution in [0.1, 0.15) is 49.6 Å². The van der Waals surface area contributed by atoms with Gasteiger partial charge in [0.15, 0.2) is 11.4 Å². The zero-order valence-electron chi connectivity index (χ0n) is 16.9. The molecule has 14 heteroatoms. The summed E-state index contributed by atoms with van der Waals surface area (Å²) in [5.41, 5.74) is -2.53. The van der Waals surface area contributed by atoms with Gasteiger partial charge in [0.1, 0.15) is 11.6 Å². The number of ether oxygens (including phenoxy) is 1. The highest BCUT2D eigenvalue weighted by Crippen LogP contribution is 2.30. The van der Waals surface area contributed by atoms with E-state index in [2.05, 4.69) is 20.7 Å². The number of alkyl carbamates (subject to hydrolysis) is 1. The summed E-state index contributed by atoms with van der Waals surface area (Å²) in [6.45, 7) is 6.34. The topological polar surface area (TPSA) is 135 Å². The first kappa shape index (κ1) is 24.1. The minimum absolute atomic E-state index is 0.106. The number of thiazole rings is 1. The molecular weight excluding hydrogens is 443 g/mol. The van der Waals surface area contributed by atoms with Gasteiger partial charge in [0.2, 0.25) is 11.0 Å². The van der Waals surface area contributed by atoms with Crippen molar-refractivity contribution in [2.24, 2.45) is 0 Å². The number of alkyl halides is 3. The lowest BCUT2D eigenvalue weighted by molar-refractivity contribution is -0.141. The zero-order chi connectivity index (χ0) is 23.6. The molecule has 0 fully saturated rings. The molecule has 0 saturated heterocycles. The number of carboxylic acids is 1. The Balaban J connectivity index is 2.04. The molecule has 0 spiro atoms. The molecule has 2 aromatic rings. The van der Waals surface area contributed by atoms with Gasteiger partial charge in [-0.3, -0.25) is 4.79 Å². The quantitative estimate of drug-likeness (QED) is 0.599. The minimum atomic E-state index is -4.82. The number of aromatic nitrogens is 3. The van der Waals surface area contributed by atoms with Crippen LogP contribution in [-0.4, -0.2) is 49.5 Å². The number of hydrogen-bond acceptors (Lipinski definition) is 7. The molecule has 0 bridgehead atoms. The van der Waals surface area contributed by atoms with Crippen molar-refractivity contribution in [3.8, 4) is 5.13 Å². The highest BCUT2D eigenvalue weighted by atomic mass is 32.1. The van der Waals surface area contributed by atoms with Gasteiger partial charge in [0.25, 0.3) is 0 Å². The second-order valence-electron chi connectivity index (χ2n) is 7.34. The van der Waals surface area contributed by atoms with Crippen LogP contribution in [0.15, 0.2) is 11.4 Å². The number of halogens is 3. The van der Waals surface area contributed by atoms with Gasteiger partial charge in [-0.2, -0.15) is 23.0 Å². The first-order valence-corrected chi connectivity index (χ1v) is 9.68. The van der Waals surface area contributed by atoms with E-state index in [4.69, 9.17) is 9.84 Å². The summed E-state index contributed by atoms with van der Waals surface area (Å²) in [7, 11) is 0. The predicted octanol–water partition coefficient (Wildman–Crippen LogP) is 2.58. The Morgan fingerprint density at radius 2 is 1.94 bits per heavy atom. The zero-order valence-corrected chi connectivity index (χ0v) is 17.7. The Kier molecular flexibility index (Phi) is 6.93. The van der Waals surface area contributed by atoms with Crippen molar-refractivity contribution >= 4 is 29.3 Å². The lowest BCUT2D eigenvalue weighted by Crippen LogP contribution is -2.46. The summed E-state index contributed by atoms with van der Waals surface area (Å²) in [6.07, 6.45) is -5.59. The number of hydrogen-bond donors (Lipinski definition) is 3. The molecule has 31 heavy (non-hydrogen) atoms. The van der Waals surface area contributed by atoms with Gasteiger partial charge in [-0.25, -0.2) is 14.6 Å². The number of rotatable bonds is 6. The largest absolute Gasteiger partial charge is 0.477 e. The average molecular weight is 463 g/mol. The maximum Gasteiger partial charge on any atom is 0.435 e. The van der Waals surface area contributed by atoms with Gasteiger partial charge in [-0.05, 0) is 27.7 Å². The third-order valence-corrected chi connectivity index (χ3v) is 4.37. The lowest BCUT2D eigenvalue weighted by Gasteiger charge is -2.21. The number of carbonyl (C=O) groups excluding carboxylic acids is 2. The van der Waals surface area contributed by atoms with E-state index in [0.717, 1.165) is 11.3 Å². The van der Waals surface area contributed by atoms with Crippen molar-refractivity contribution in [2.75, 3.05) is 0 Å². The van der Waals surface area contributed by atoms with Crippen molar-refractivity contribution in [1.82, 2.24) is 25.4 Å². The maximum absolute atomic E-state index is 12.9. The molecule has 2 rings (SSSR count). The summed E-state index contributed by atoms with van der Waals surface area (Å²) >= 11 is 0.853. The fourth-order valence-electron chi connectivity index (χ4n) is 2.17. The van der Waals surface area contributed by atoms with Crippen LogP contribution in [0.3, 0.4) is 0 Å². The molecule has 170 valence electrons. The van der Waals surface area contributed by atoms with Gasteiger partial charge >= 0.3 is 18.2 Å². The van der Waals surface area contributed by atoms with Crippen LogP contribution >= 0.6 is 11.3 Å². The smallest absolute Gasteiger partial charge is 0.435 e. The predicted molar refractivity (Wildman–Crippen MR) is 102 cm³/mol. The molecule has 1 unspecified atom stereocenters. The van der Waals surface area contributed by atoms with E-state index in [-0.39, 0.29) is 17.4 Å². The second-order valence-corrected chi connectivity index (χ2v) is 8.17. The number of aromatic carboxylic acids is 1. The maximum atomic E-state index is 12.9. The highest BCUT2D eigenvalue weighted by Gasteiger charge is 2.36. The molecule has 0 saturated carbocycles. The molecule has 1 atom stereocenters. The van der Waals surface area contributed by atoms with Gasteiger partial charge in [-0.15, -0.1) is 11.3 Å². The van der Waals surface area contributed by atoms with Crippen LogP contribution in [0.4, 0.5) is 18.0 Å². The molecule has 0 radical (unpaired) electrons. The standard InChI is InChI=1S/C17H20F3N5O5S/c1-8(22-15(29)30-16(2,3)4)12(26)21-6-9-7-31-14(23-9)25-10(13(27)28)5-11(24-25)17(18,19)20/h5,7-8H,6H2,1-4H3,(H,21,26)(H,22,29)(H,27,28). The van der Waals surface area contributed by atoms with E-state index in [9.17, 15) is 27.6 Å². The fraction of sp³-hybridized carbons (Fsp3) is 0.471. The number of nitrogens with one attached hydrogen (secondary N) is 2. The van der Waals surface area contributed by atoms with E-state index in [1.807, 2.05) is 0 Å². The van der Waals surface area contributed by atoms with E-state index < -0.39 is 47.2 Å². The third kappa shape index (κ3) is 6.67. The van der Waals surface area contributed by atoms with Gasteiger partial charge in [0, 0.05) is 11.4 Å². The lowest BCUT2D eigenvalue weighted by atomic mass is 10.2. The SMILES string of the molecule is CC(NC(=O)OC(C)(C)C)C(=O)NCc1csc(-n2nc(C(F)(F)F)cc2C(=O)O)n1. The third-order valence-electron chi connectivity index (χ3n) is 3.51. The Morgan fingerprint density at radius 1 is 1.29 bits per heavy atom. The van der Waals surface area contributed by atoms with Crippen LogP contribution in [0.5, 0.6) is 0 Å². The summed E-state index contributed by atoms with van der Waals surface area (Å²) in [5.74, 6) is -2.15. The molecule has 0 aliphatic heterocycles. The molecule has 10 nitrogen and oxygen atoms in total. The van der Waals surface area contributed by atoms with Gasteiger partial charge in [0.05, 0.1) is 12.2 Å². The van der Waals surface area contributed by atoms with Crippen LogP contribution in [0.25, 0.3) is 5.13 Å². The summed E-state index contributed by atoms with van der Waals surface area (Å²) in [4.78, 5) is 39.1. The monoisotopic (exact) mass is 463 g/mol. The number of amides is 2. The van der Waals surface area contributed by atoms with E-state index >= 15 is 0 Å². The van der Waals surface area contributed by atoms with Crippen LogP contribution < -0.4 is 10.6 Å². The number of nitrogens with zero attached hydrogens (tertiary/aromatic N) is 3. The van der Waals surface area contributed by atoms with Crippen LogP contribution in [0, 0.1) is 0 Å². The Bertz CT molecular complexity index is 980. The highest BCUT2D eigenvalue weighted by molar-refractivity contribution is 7.12. The van der Waals surface area contributed by atoms with Crippen molar-refractivity contribution in [3.05, 3.63) is 28.5 Å². The molecule has 0 aliphatic rings. The first-order valence-electron chi connectivity index (χ1n) is 8.80. The van der Waals surface area contributed by atoms with Crippen molar-refractivity contribution < 1.29 is 37.4 Å². The molecule has 2 heterocycles. The van der Waals surface area contributed by atoms with E-state index in [1.54, 1.807) is 20.8 Å². The molecular formula is C17H20F3N5O5S. The number of carboxylic acid groups (broad SMARTS) is 1. The van der Waals surface area contributed by atoms with Crippen LogP contribution in [0.2, 0.25) is 0 Å². The van der Waals surface area contributed by atoms with Crippen molar-refractivity contribution in [1.29, 1.82) is 0 Å². The molecule has 0 aliphatic carbocycles. The van der Waals surface area contributed by atoms with Crippen molar-refractivity contribution in [3.63, 3.8) is 0 Å². The Hall–Kier alpha value is -3.16.